The zero-order chi connectivity index (χ0) is 14.8. The van der Waals surface area contributed by atoms with E-state index in [2.05, 4.69) is 4.98 Å². The molecule has 2 aromatic carbocycles. The van der Waals surface area contributed by atoms with Crippen LogP contribution in [0.5, 0.6) is 11.5 Å². The standard InChI is InChI=1S/C17H12ClNO2/c1-11(20)13-8-7-12(10-15(13)18)21-17-6-2-5-16-14(17)4-3-9-19-16/h2-10H,1H3. The molecule has 0 radical (unpaired) electrons. The normalized spacial score (nSPS) is 10.6. The maximum absolute atomic E-state index is 11.4. The van der Waals surface area contributed by atoms with Gasteiger partial charge in [0, 0.05) is 23.2 Å². The first-order valence-electron chi connectivity index (χ1n) is 6.47. The molecule has 0 unspecified atom stereocenters. The molecule has 0 saturated heterocycles. The van der Waals surface area contributed by atoms with Crippen molar-refractivity contribution in [1.82, 2.24) is 4.98 Å². The average molecular weight is 298 g/mol. The molecule has 4 heteroatoms. The van der Waals surface area contributed by atoms with E-state index in [0.717, 1.165) is 10.9 Å². The lowest BCUT2D eigenvalue weighted by atomic mass is 10.1. The number of halogens is 1. The molecule has 0 atom stereocenters. The summed E-state index contributed by atoms with van der Waals surface area (Å²) in [6, 6.07) is 14.5. The zero-order valence-electron chi connectivity index (χ0n) is 11.3. The number of hydrogen-bond acceptors (Lipinski definition) is 3. The highest BCUT2D eigenvalue weighted by Crippen LogP contribution is 2.31. The van der Waals surface area contributed by atoms with Crippen molar-refractivity contribution in [3.8, 4) is 11.5 Å². The van der Waals surface area contributed by atoms with Crippen LogP contribution in [0.1, 0.15) is 17.3 Å². The highest BCUT2D eigenvalue weighted by molar-refractivity contribution is 6.34. The summed E-state index contributed by atoms with van der Waals surface area (Å²) in [5.41, 5.74) is 1.35. The van der Waals surface area contributed by atoms with Crippen LogP contribution in [0.25, 0.3) is 10.9 Å². The number of ketones is 1. The highest BCUT2D eigenvalue weighted by atomic mass is 35.5. The van der Waals surface area contributed by atoms with E-state index in [9.17, 15) is 4.79 Å². The molecular weight excluding hydrogens is 286 g/mol. The van der Waals surface area contributed by atoms with Gasteiger partial charge in [-0.3, -0.25) is 9.78 Å². The number of aromatic nitrogens is 1. The molecule has 0 aliphatic rings. The lowest BCUT2D eigenvalue weighted by Gasteiger charge is -2.09. The lowest BCUT2D eigenvalue weighted by molar-refractivity contribution is 0.101. The number of fused-ring (bicyclic) bond motifs is 1. The molecule has 3 aromatic rings. The van der Waals surface area contributed by atoms with Gasteiger partial charge in [-0.1, -0.05) is 17.7 Å². The van der Waals surface area contributed by atoms with Crippen molar-refractivity contribution in [2.75, 3.05) is 0 Å². The van der Waals surface area contributed by atoms with Crippen molar-refractivity contribution in [3.05, 3.63) is 65.3 Å². The largest absolute Gasteiger partial charge is 0.457 e. The number of carbonyl (C=O) groups is 1. The first-order valence-corrected chi connectivity index (χ1v) is 6.85. The summed E-state index contributed by atoms with van der Waals surface area (Å²) in [4.78, 5) is 15.7. The van der Waals surface area contributed by atoms with Crippen LogP contribution >= 0.6 is 11.6 Å². The molecular formula is C17H12ClNO2. The molecule has 1 heterocycles. The van der Waals surface area contributed by atoms with Gasteiger partial charge in [-0.05, 0) is 43.3 Å². The van der Waals surface area contributed by atoms with Crippen LogP contribution in [0, 0.1) is 0 Å². The topological polar surface area (TPSA) is 39.2 Å². The Morgan fingerprint density at radius 3 is 2.76 bits per heavy atom. The van der Waals surface area contributed by atoms with Crippen molar-refractivity contribution in [2.24, 2.45) is 0 Å². The Bertz CT molecular complexity index is 825. The van der Waals surface area contributed by atoms with Gasteiger partial charge >= 0.3 is 0 Å². The van der Waals surface area contributed by atoms with Gasteiger partial charge in [0.1, 0.15) is 11.5 Å². The molecule has 0 fully saturated rings. The van der Waals surface area contributed by atoms with Gasteiger partial charge in [-0.15, -0.1) is 0 Å². The van der Waals surface area contributed by atoms with E-state index in [4.69, 9.17) is 16.3 Å². The Kier molecular flexibility index (Phi) is 3.59. The summed E-state index contributed by atoms with van der Waals surface area (Å²) in [5.74, 6) is 1.22. The second-order valence-corrected chi connectivity index (χ2v) is 5.03. The van der Waals surface area contributed by atoms with Gasteiger partial charge in [0.2, 0.25) is 0 Å². The van der Waals surface area contributed by atoms with Crippen molar-refractivity contribution in [2.45, 2.75) is 6.92 Å². The second-order valence-electron chi connectivity index (χ2n) is 4.63. The van der Waals surface area contributed by atoms with E-state index in [-0.39, 0.29) is 5.78 Å². The monoisotopic (exact) mass is 297 g/mol. The van der Waals surface area contributed by atoms with Gasteiger partial charge in [0.25, 0.3) is 0 Å². The summed E-state index contributed by atoms with van der Waals surface area (Å²) < 4.78 is 5.87. The van der Waals surface area contributed by atoms with Gasteiger partial charge in [-0.25, -0.2) is 0 Å². The third-order valence-corrected chi connectivity index (χ3v) is 3.47. The predicted molar refractivity (Wildman–Crippen MR) is 83.3 cm³/mol. The maximum atomic E-state index is 11.4. The molecule has 0 amide bonds. The van der Waals surface area contributed by atoms with Crippen LogP contribution in [0.2, 0.25) is 5.02 Å². The molecule has 0 bridgehead atoms. The maximum Gasteiger partial charge on any atom is 0.161 e. The van der Waals surface area contributed by atoms with Crippen LogP contribution in [0.3, 0.4) is 0 Å². The van der Waals surface area contributed by atoms with Crippen molar-refractivity contribution in [1.29, 1.82) is 0 Å². The summed E-state index contributed by atoms with van der Waals surface area (Å²) in [6.07, 6.45) is 1.74. The van der Waals surface area contributed by atoms with E-state index in [1.54, 1.807) is 24.4 Å². The van der Waals surface area contributed by atoms with Gasteiger partial charge in [0.15, 0.2) is 5.78 Å². The number of pyridine rings is 1. The Balaban J connectivity index is 1.99. The van der Waals surface area contributed by atoms with E-state index in [1.165, 1.54) is 6.92 Å². The predicted octanol–water partition coefficient (Wildman–Crippen LogP) is 4.88. The quantitative estimate of drug-likeness (QED) is 0.647. The molecule has 0 aliphatic heterocycles. The van der Waals surface area contributed by atoms with E-state index >= 15 is 0 Å². The zero-order valence-corrected chi connectivity index (χ0v) is 12.1. The molecule has 3 nitrogen and oxygen atoms in total. The van der Waals surface area contributed by atoms with Crippen LogP contribution in [-0.4, -0.2) is 10.8 Å². The van der Waals surface area contributed by atoms with Gasteiger partial charge in [0.05, 0.1) is 10.5 Å². The number of rotatable bonds is 3. The van der Waals surface area contributed by atoms with Crippen molar-refractivity contribution >= 4 is 28.3 Å². The molecule has 0 N–H and O–H groups in total. The van der Waals surface area contributed by atoms with E-state index in [0.29, 0.717) is 22.1 Å². The smallest absolute Gasteiger partial charge is 0.161 e. The Hall–Kier alpha value is -2.39. The van der Waals surface area contributed by atoms with Gasteiger partial charge in [-0.2, -0.15) is 0 Å². The Morgan fingerprint density at radius 1 is 1.14 bits per heavy atom. The first-order chi connectivity index (χ1) is 10.1. The summed E-state index contributed by atoms with van der Waals surface area (Å²) >= 11 is 6.10. The van der Waals surface area contributed by atoms with E-state index in [1.807, 2.05) is 30.3 Å². The van der Waals surface area contributed by atoms with Crippen molar-refractivity contribution in [3.63, 3.8) is 0 Å². The Morgan fingerprint density at radius 2 is 2.00 bits per heavy atom. The van der Waals surface area contributed by atoms with Crippen LogP contribution in [0.15, 0.2) is 54.7 Å². The fraction of sp³-hybridized carbons (Fsp3) is 0.0588. The molecule has 0 spiro atoms. The fourth-order valence-electron chi connectivity index (χ4n) is 2.14. The van der Waals surface area contributed by atoms with Gasteiger partial charge < -0.3 is 4.74 Å². The Labute approximate surface area is 127 Å². The number of hydrogen-bond donors (Lipinski definition) is 0. The molecule has 1 aromatic heterocycles. The summed E-state index contributed by atoms with van der Waals surface area (Å²) in [6.45, 7) is 1.48. The number of ether oxygens (including phenoxy) is 1. The first kappa shape index (κ1) is 13.6. The minimum Gasteiger partial charge on any atom is -0.457 e. The number of nitrogens with zero attached hydrogens (tertiary/aromatic N) is 1. The minimum atomic E-state index is -0.0686. The second kappa shape index (κ2) is 5.54. The number of Topliss-reactive ketones (excluding diaryl/α,β-unsaturated/α-hetero) is 1. The molecule has 0 saturated carbocycles. The fourth-order valence-corrected chi connectivity index (χ4v) is 2.44. The van der Waals surface area contributed by atoms with E-state index < -0.39 is 0 Å². The minimum absolute atomic E-state index is 0.0686. The van der Waals surface area contributed by atoms with Crippen molar-refractivity contribution < 1.29 is 9.53 Å². The summed E-state index contributed by atoms with van der Waals surface area (Å²) in [5, 5.41) is 1.31. The summed E-state index contributed by atoms with van der Waals surface area (Å²) in [7, 11) is 0. The SMILES string of the molecule is CC(=O)c1ccc(Oc2cccc3ncccc23)cc1Cl. The van der Waals surface area contributed by atoms with Crippen LogP contribution < -0.4 is 4.74 Å². The third kappa shape index (κ3) is 2.73. The molecule has 0 aliphatic carbocycles. The average Bonchev–Trinajstić information content (AvgIpc) is 2.47. The molecule has 3 rings (SSSR count). The third-order valence-electron chi connectivity index (χ3n) is 3.15. The van der Waals surface area contributed by atoms with Crippen LogP contribution in [-0.2, 0) is 0 Å². The highest BCUT2D eigenvalue weighted by Gasteiger charge is 2.08. The number of benzene rings is 2. The molecule has 21 heavy (non-hydrogen) atoms. The molecule has 104 valence electrons. The van der Waals surface area contributed by atoms with Crippen LogP contribution in [0.4, 0.5) is 0 Å². The lowest BCUT2D eigenvalue weighted by Crippen LogP contribution is -1.94. The number of carbonyl (C=O) groups excluding carboxylic acids is 1.